The maximum Gasteiger partial charge on any atom is 0.407 e. The van der Waals surface area contributed by atoms with E-state index in [9.17, 15) is 18.3 Å². The molecule has 0 aliphatic carbocycles. The molecule has 11 nitrogen and oxygen atoms in total. The minimum atomic E-state index is -4.03. The molecule has 4 N–H and O–H groups in total. The molecule has 12 heteroatoms. The van der Waals surface area contributed by atoms with Crippen LogP contribution in [-0.4, -0.2) is 74.8 Å². The number of benzene rings is 2. The minimum Gasteiger partial charge on any atom is -0.464 e. The molecule has 2 aliphatic heterocycles. The highest BCUT2D eigenvalue weighted by molar-refractivity contribution is 7.89. The van der Waals surface area contributed by atoms with Crippen molar-refractivity contribution in [2.75, 3.05) is 26.3 Å². The first-order valence-corrected chi connectivity index (χ1v) is 15.7. The highest BCUT2D eigenvalue weighted by atomic mass is 32.2. The number of furan rings is 1. The van der Waals surface area contributed by atoms with Gasteiger partial charge < -0.3 is 34.8 Å². The van der Waals surface area contributed by atoms with Crippen molar-refractivity contribution in [1.82, 2.24) is 9.62 Å². The average Bonchev–Trinajstić information content (AvgIpc) is 3.69. The fourth-order valence-corrected chi connectivity index (χ4v) is 7.21. The number of amides is 1. The summed E-state index contributed by atoms with van der Waals surface area (Å²) in [5.74, 6) is -0.0639. The molecule has 3 aromatic rings. The van der Waals surface area contributed by atoms with E-state index in [2.05, 4.69) is 5.32 Å². The van der Waals surface area contributed by atoms with Gasteiger partial charge in [-0.1, -0.05) is 44.2 Å². The zero-order valence-corrected chi connectivity index (χ0v) is 24.7. The van der Waals surface area contributed by atoms with Crippen LogP contribution in [0.1, 0.15) is 31.4 Å². The zero-order valence-electron chi connectivity index (χ0n) is 23.8. The van der Waals surface area contributed by atoms with E-state index in [-0.39, 0.29) is 55.7 Å². The number of fused-ring (bicyclic) bond motifs is 2. The number of carbonyl (C=O) groups is 1. The molecule has 5 unspecified atom stereocenters. The quantitative estimate of drug-likeness (QED) is 0.284. The first-order chi connectivity index (χ1) is 20.2. The standard InChI is InChI=1S/C30H39N3O8S/c1-19(2)15-33(42(36,37)22-8-9-27-24(13-22)21(14-31)17-39-27)16-26(34)25(12-20-6-4-3-5-7-20)32-30(35)41-28-18-40-29-23(28)10-11-38-29/h3-9,13,17,19,23,25-26,28-29,34H,10-12,14-16,18,31H2,1-2H3,(H,32,35). The van der Waals surface area contributed by atoms with E-state index < -0.39 is 34.4 Å². The van der Waals surface area contributed by atoms with Gasteiger partial charge in [0, 0.05) is 30.6 Å². The Morgan fingerprint density at radius 1 is 1.17 bits per heavy atom. The fraction of sp³-hybridized carbons (Fsp3) is 0.500. The second-order valence-corrected chi connectivity index (χ2v) is 13.3. The van der Waals surface area contributed by atoms with Crippen LogP contribution in [0, 0.1) is 11.8 Å². The summed E-state index contributed by atoms with van der Waals surface area (Å²) in [6.07, 6.45) is -0.249. The molecule has 0 spiro atoms. The van der Waals surface area contributed by atoms with E-state index >= 15 is 0 Å². The van der Waals surface area contributed by atoms with E-state index in [1.165, 1.54) is 16.6 Å². The number of aliphatic hydroxyl groups excluding tert-OH is 1. The number of aliphatic hydroxyl groups is 1. The van der Waals surface area contributed by atoms with Gasteiger partial charge in [-0.3, -0.25) is 0 Å². The molecule has 5 rings (SSSR count). The summed E-state index contributed by atoms with van der Waals surface area (Å²) in [5, 5.41) is 14.9. The van der Waals surface area contributed by atoms with Crippen LogP contribution in [-0.2, 0) is 37.2 Å². The minimum absolute atomic E-state index is 0.0290. The van der Waals surface area contributed by atoms with Crippen LogP contribution in [0.2, 0.25) is 0 Å². The molecular weight excluding hydrogens is 562 g/mol. The summed E-state index contributed by atoms with van der Waals surface area (Å²) in [7, 11) is -4.03. The number of nitrogens with two attached hydrogens (primary N) is 1. The molecule has 228 valence electrons. The van der Waals surface area contributed by atoms with Crippen LogP contribution in [0.4, 0.5) is 4.79 Å². The lowest BCUT2D eigenvalue weighted by Crippen LogP contribution is -2.51. The maximum absolute atomic E-state index is 13.9. The third-order valence-corrected chi connectivity index (χ3v) is 9.58. The second kappa shape index (κ2) is 13.1. The number of ether oxygens (including phenoxy) is 3. The number of rotatable bonds is 12. The summed E-state index contributed by atoms with van der Waals surface area (Å²) >= 11 is 0. The monoisotopic (exact) mass is 601 g/mol. The molecule has 0 bridgehead atoms. The third kappa shape index (κ3) is 6.80. The molecule has 0 radical (unpaired) electrons. The van der Waals surface area contributed by atoms with Crippen molar-refractivity contribution in [3.63, 3.8) is 0 Å². The van der Waals surface area contributed by atoms with Crippen LogP contribution in [0.25, 0.3) is 11.0 Å². The van der Waals surface area contributed by atoms with E-state index in [1.54, 1.807) is 12.1 Å². The average molecular weight is 602 g/mol. The van der Waals surface area contributed by atoms with Gasteiger partial charge in [0.2, 0.25) is 10.0 Å². The van der Waals surface area contributed by atoms with Gasteiger partial charge in [-0.15, -0.1) is 0 Å². The Kier molecular flexibility index (Phi) is 9.50. The summed E-state index contributed by atoms with van der Waals surface area (Å²) in [4.78, 5) is 13.1. The zero-order chi connectivity index (χ0) is 29.9. The first kappa shape index (κ1) is 30.5. The van der Waals surface area contributed by atoms with Gasteiger partial charge in [0.1, 0.15) is 11.7 Å². The number of hydrogen-bond donors (Lipinski definition) is 3. The fourth-order valence-electron chi connectivity index (χ4n) is 5.56. The summed E-state index contributed by atoms with van der Waals surface area (Å²) in [6, 6.07) is 13.2. The van der Waals surface area contributed by atoms with Gasteiger partial charge in [-0.05, 0) is 42.5 Å². The van der Waals surface area contributed by atoms with Crippen LogP contribution >= 0.6 is 0 Å². The Morgan fingerprint density at radius 2 is 1.95 bits per heavy atom. The number of carbonyl (C=O) groups excluding carboxylic acids is 1. The van der Waals surface area contributed by atoms with Gasteiger partial charge in [-0.25, -0.2) is 13.2 Å². The van der Waals surface area contributed by atoms with Gasteiger partial charge in [0.05, 0.1) is 42.4 Å². The molecule has 42 heavy (non-hydrogen) atoms. The topological polar surface area (TPSA) is 154 Å². The van der Waals surface area contributed by atoms with Gasteiger partial charge in [0.25, 0.3) is 0 Å². The number of nitrogens with one attached hydrogen (secondary N) is 1. The molecule has 5 atom stereocenters. The van der Waals surface area contributed by atoms with E-state index in [0.717, 1.165) is 12.0 Å². The molecule has 2 aromatic carbocycles. The largest absolute Gasteiger partial charge is 0.464 e. The number of nitrogens with zero attached hydrogens (tertiary/aromatic N) is 1. The predicted molar refractivity (Wildman–Crippen MR) is 155 cm³/mol. The summed E-state index contributed by atoms with van der Waals surface area (Å²) < 4.78 is 51.4. The first-order valence-electron chi connectivity index (χ1n) is 14.3. The predicted octanol–water partition coefficient (Wildman–Crippen LogP) is 3.00. The van der Waals surface area contributed by atoms with Crippen molar-refractivity contribution in [2.24, 2.45) is 17.6 Å². The molecule has 2 fully saturated rings. The normalized spacial score (nSPS) is 22.0. The van der Waals surface area contributed by atoms with Crippen LogP contribution in [0.5, 0.6) is 0 Å². The molecule has 2 aliphatic rings. The van der Waals surface area contributed by atoms with Crippen molar-refractivity contribution < 1.29 is 36.9 Å². The smallest absolute Gasteiger partial charge is 0.407 e. The Balaban J connectivity index is 1.36. The van der Waals surface area contributed by atoms with Crippen LogP contribution < -0.4 is 11.1 Å². The van der Waals surface area contributed by atoms with Crippen molar-refractivity contribution in [3.05, 3.63) is 65.9 Å². The highest BCUT2D eigenvalue weighted by Crippen LogP contribution is 2.33. The Labute approximate surface area is 245 Å². The highest BCUT2D eigenvalue weighted by Gasteiger charge is 2.44. The van der Waals surface area contributed by atoms with Crippen molar-refractivity contribution >= 4 is 27.1 Å². The lowest BCUT2D eigenvalue weighted by atomic mass is 10.0. The van der Waals surface area contributed by atoms with Crippen molar-refractivity contribution in [3.8, 4) is 0 Å². The SMILES string of the molecule is CC(C)CN(CC(O)C(Cc1ccccc1)NC(=O)OC1COC2OCCC12)S(=O)(=O)c1ccc2occ(CN)c2c1. The summed E-state index contributed by atoms with van der Waals surface area (Å²) in [6.45, 7) is 4.72. The van der Waals surface area contributed by atoms with E-state index in [4.69, 9.17) is 24.4 Å². The Morgan fingerprint density at radius 3 is 2.69 bits per heavy atom. The second-order valence-electron chi connectivity index (χ2n) is 11.3. The molecule has 0 saturated carbocycles. The Hall–Kier alpha value is -3.00. The molecule has 3 heterocycles. The van der Waals surface area contributed by atoms with Gasteiger partial charge >= 0.3 is 6.09 Å². The van der Waals surface area contributed by atoms with Gasteiger partial charge in [-0.2, -0.15) is 4.31 Å². The lowest BCUT2D eigenvalue weighted by molar-refractivity contribution is -0.0907. The number of alkyl carbamates (subject to hydrolysis) is 1. The molecular formula is C30H39N3O8S. The van der Waals surface area contributed by atoms with Crippen molar-refractivity contribution in [2.45, 2.75) is 62.7 Å². The molecule has 2 saturated heterocycles. The number of sulfonamides is 1. The van der Waals surface area contributed by atoms with E-state index in [0.29, 0.717) is 23.1 Å². The van der Waals surface area contributed by atoms with E-state index in [1.807, 2.05) is 44.2 Å². The Bertz CT molecular complexity index is 1460. The molecule has 1 aromatic heterocycles. The third-order valence-electron chi connectivity index (χ3n) is 7.75. The number of hydrogen-bond acceptors (Lipinski definition) is 9. The maximum atomic E-state index is 13.9. The van der Waals surface area contributed by atoms with Crippen LogP contribution in [0.3, 0.4) is 0 Å². The summed E-state index contributed by atoms with van der Waals surface area (Å²) in [5.41, 5.74) is 7.92. The molecule has 1 amide bonds. The lowest BCUT2D eigenvalue weighted by Gasteiger charge is -2.31. The van der Waals surface area contributed by atoms with Crippen LogP contribution in [0.15, 0.2) is 64.1 Å². The van der Waals surface area contributed by atoms with Gasteiger partial charge in [0.15, 0.2) is 6.29 Å². The van der Waals surface area contributed by atoms with Crippen molar-refractivity contribution in [1.29, 1.82) is 0 Å².